The van der Waals surface area contributed by atoms with Crippen LogP contribution in [0.3, 0.4) is 0 Å². The van der Waals surface area contributed by atoms with Crippen molar-refractivity contribution in [3.63, 3.8) is 0 Å². The van der Waals surface area contributed by atoms with Gasteiger partial charge in [-0.1, -0.05) is 12.1 Å². The molecule has 1 aliphatic heterocycles. The van der Waals surface area contributed by atoms with Gasteiger partial charge < -0.3 is 19.6 Å². The second-order valence-corrected chi connectivity index (χ2v) is 7.18. The van der Waals surface area contributed by atoms with Crippen molar-refractivity contribution in [3.8, 4) is 5.75 Å². The number of benzene rings is 1. The first-order valence-electron chi connectivity index (χ1n) is 8.53. The minimum absolute atomic E-state index is 0.00214. The molecule has 2 heterocycles. The lowest BCUT2D eigenvalue weighted by molar-refractivity contribution is -0.136. The molecule has 7 nitrogen and oxygen atoms in total. The summed E-state index contributed by atoms with van der Waals surface area (Å²) in [5.41, 5.74) is 0.842. The van der Waals surface area contributed by atoms with Gasteiger partial charge in [0.05, 0.1) is 10.4 Å². The van der Waals surface area contributed by atoms with Crippen molar-refractivity contribution in [1.82, 2.24) is 9.80 Å². The van der Waals surface area contributed by atoms with E-state index in [9.17, 15) is 19.5 Å². The fourth-order valence-electron chi connectivity index (χ4n) is 2.75. The minimum atomic E-state index is -0.662. The normalized spacial score (nSPS) is 14.1. The van der Waals surface area contributed by atoms with Crippen LogP contribution in [0.25, 0.3) is 0 Å². The second kappa shape index (κ2) is 8.22. The number of piperazine rings is 1. The Morgan fingerprint density at radius 2 is 1.81 bits per heavy atom. The average molecular weight is 388 g/mol. The first-order chi connectivity index (χ1) is 13.0. The van der Waals surface area contributed by atoms with Gasteiger partial charge >= 0.3 is 5.97 Å². The van der Waals surface area contributed by atoms with E-state index in [1.807, 2.05) is 11.4 Å². The molecular formula is C19H20N2O5S. The molecule has 1 saturated heterocycles. The van der Waals surface area contributed by atoms with Crippen LogP contribution >= 0.6 is 11.3 Å². The van der Waals surface area contributed by atoms with E-state index in [1.165, 1.54) is 23.5 Å². The lowest BCUT2D eigenvalue weighted by Crippen LogP contribution is -2.51. The molecule has 1 aromatic heterocycles. The molecule has 2 aromatic rings. The summed E-state index contributed by atoms with van der Waals surface area (Å²) in [5, 5.41) is 11.5. The maximum Gasteiger partial charge on any atom is 0.338 e. The number of hydrogen-bond donors (Lipinski definition) is 1. The lowest BCUT2D eigenvalue weighted by atomic mass is 10.1. The number of hydrogen-bond acceptors (Lipinski definition) is 6. The number of aryl methyl sites for hydroxylation is 1. The molecule has 1 aliphatic rings. The summed E-state index contributed by atoms with van der Waals surface area (Å²) in [5.74, 6) is -0.988. The van der Waals surface area contributed by atoms with Crippen LogP contribution in [-0.4, -0.2) is 65.5 Å². The zero-order valence-corrected chi connectivity index (χ0v) is 15.7. The monoisotopic (exact) mass is 388 g/mol. The van der Waals surface area contributed by atoms with E-state index in [2.05, 4.69) is 0 Å². The summed E-state index contributed by atoms with van der Waals surface area (Å²) in [4.78, 5) is 40.6. The molecule has 0 bridgehead atoms. The van der Waals surface area contributed by atoms with Crippen LogP contribution in [0, 0.1) is 6.92 Å². The average Bonchev–Trinajstić information content (AvgIpc) is 3.22. The highest BCUT2D eigenvalue weighted by atomic mass is 32.1. The zero-order chi connectivity index (χ0) is 19.4. The van der Waals surface area contributed by atoms with Gasteiger partial charge in [-0.15, -0.1) is 11.3 Å². The predicted octanol–water partition coefficient (Wildman–Crippen LogP) is 1.90. The van der Waals surface area contributed by atoms with Crippen LogP contribution < -0.4 is 0 Å². The van der Waals surface area contributed by atoms with Crippen LogP contribution in [0.5, 0.6) is 5.75 Å². The fourth-order valence-corrected chi connectivity index (χ4v) is 3.44. The number of amides is 2. The molecule has 0 saturated carbocycles. The molecule has 0 spiro atoms. The standard InChI is InChI=1S/C19H20N2O5S/c1-13-4-5-14(11-15(13)22)19(25)26-12-17(23)20-6-8-21(9-7-20)18(24)16-3-2-10-27-16/h2-5,10-11,22H,6-9,12H2,1H3. The van der Waals surface area contributed by atoms with E-state index in [1.54, 1.807) is 28.9 Å². The molecule has 1 fully saturated rings. The van der Waals surface area contributed by atoms with Crippen molar-refractivity contribution in [2.24, 2.45) is 0 Å². The number of rotatable bonds is 4. The number of esters is 1. The van der Waals surface area contributed by atoms with Crippen molar-refractivity contribution in [2.45, 2.75) is 6.92 Å². The Morgan fingerprint density at radius 3 is 2.44 bits per heavy atom. The summed E-state index contributed by atoms with van der Waals surface area (Å²) >= 11 is 1.40. The van der Waals surface area contributed by atoms with E-state index in [-0.39, 0.29) is 29.7 Å². The summed E-state index contributed by atoms with van der Waals surface area (Å²) in [7, 11) is 0. The topological polar surface area (TPSA) is 87.2 Å². The predicted molar refractivity (Wildman–Crippen MR) is 99.9 cm³/mol. The van der Waals surface area contributed by atoms with Crippen molar-refractivity contribution < 1.29 is 24.2 Å². The lowest BCUT2D eigenvalue weighted by Gasteiger charge is -2.34. The van der Waals surface area contributed by atoms with Gasteiger partial charge in [0.15, 0.2) is 6.61 Å². The molecule has 1 aromatic carbocycles. The van der Waals surface area contributed by atoms with Gasteiger partial charge in [-0.25, -0.2) is 4.79 Å². The largest absolute Gasteiger partial charge is 0.508 e. The van der Waals surface area contributed by atoms with Crippen LogP contribution in [0.1, 0.15) is 25.6 Å². The minimum Gasteiger partial charge on any atom is -0.508 e. The molecular weight excluding hydrogens is 368 g/mol. The highest BCUT2D eigenvalue weighted by Crippen LogP contribution is 2.18. The van der Waals surface area contributed by atoms with E-state index < -0.39 is 5.97 Å². The quantitative estimate of drug-likeness (QED) is 0.809. The Labute approximate surface area is 160 Å². The number of aromatic hydroxyl groups is 1. The summed E-state index contributed by atoms with van der Waals surface area (Å²) in [6.45, 7) is 3.05. The van der Waals surface area contributed by atoms with Gasteiger partial charge in [-0.05, 0) is 36.1 Å². The number of nitrogens with zero attached hydrogens (tertiary/aromatic N) is 2. The second-order valence-electron chi connectivity index (χ2n) is 6.23. The highest BCUT2D eigenvalue weighted by Gasteiger charge is 2.26. The SMILES string of the molecule is Cc1ccc(C(=O)OCC(=O)N2CCN(C(=O)c3cccs3)CC2)cc1O. The number of carbonyl (C=O) groups excluding carboxylic acids is 3. The third-order valence-electron chi connectivity index (χ3n) is 4.42. The summed E-state index contributed by atoms with van der Waals surface area (Å²) < 4.78 is 5.05. The molecule has 2 amide bonds. The molecule has 3 rings (SSSR count). The van der Waals surface area contributed by atoms with Crippen LogP contribution in [-0.2, 0) is 9.53 Å². The molecule has 0 radical (unpaired) electrons. The Bertz CT molecular complexity index is 842. The maximum atomic E-state index is 12.3. The van der Waals surface area contributed by atoms with Crippen molar-refractivity contribution in [1.29, 1.82) is 0 Å². The fraction of sp³-hybridized carbons (Fsp3) is 0.316. The number of thiophene rings is 1. The van der Waals surface area contributed by atoms with Crippen LogP contribution in [0.2, 0.25) is 0 Å². The van der Waals surface area contributed by atoms with E-state index in [0.29, 0.717) is 36.6 Å². The first kappa shape index (κ1) is 18.9. The van der Waals surface area contributed by atoms with E-state index in [0.717, 1.165) is 0 Å². The van der Waals surface area contributed by atoms with Gasteiger partial charge in [0, 0.05) is 26.2 Å². The third kappa shape index (κ3) is 4.46. The Balaban J connectivity index is 1.47. The summed E-state index contributed by atoms with van der Waals surface area (Å²) in [6.07, 6.45) is 0. The molecule has 142 valence electrons. The number of phenolic OH excluding ortho intramolecular Hbond substituents is 1. The number of carbonyl (C=O) groups is 3. The Hall–Kier alpha value is -2.87. The summed E-state index contributed by atoms with van der Waals surface area (Å²) in [6, 6.07) is 8.08. The van der Waals surface area contributed by atoms with Gasteiger partial charge in [-0.2, -0.15) is 0 Å². The van der Waals surface area contributed by atoms with E-state index >= 15 is 0 Å². The molecule has 27 heavy (non-hydrogen) atoms. The first-order valence-corrected chi connectivity index (χ1v) is 9.41. The third-order valence-corrected chi connectivity index (χ3v) is 5.28. The van der Waals surface area contributed by atoms with Gasteiger partial charge in [0.1, 0.15) is 5.75 Å². The Morgan fingerprint density at radius 1 is 1.11 bits per heavy atom. The molecule has 1 N–H and O–H groups in total. The van der Waals surface area contributed by atoms with Gasteiger partial charge in [0.2, 0.25) is 0 Å². The molecule has 0 unspecified atom stereocenters. The highest BCUT2D eigenvalue weighted by molar-refractivity contribution is 7.12. The van der Waals surface area contributed by atoms with E-state index in [4.69, 9.17) is 4.74 Å². The Kier molecular flexibility index (Phi) is 5.75. The zero-order valence-electron chi connectivity index (χ0n) is 14.9. The van der Waals surface area contributed by atoms with Gasteiger partial charge in [0.25, 0.3) is 11.8 Å². The van der Waals surface area contributed by atoms with Gasteiger partial charge in [-0.3, -0.25) is 9.59 Å². The number of ether oxygens (including phenoxy) is 1. The molecule has 0 atom stereocenters. The van der Waals surface area contributed by atoms with Crippen molar-refractivity contribution >= 4 is 29.1 Å². The molecule has 0 aliphatic carbocycles. The number of phenols is 1. The maximum absolute atomic E-state index is 12.3. The van der Waals surface area contributed by atoms with Crippen LogP contribution in [0.4, 0.5) is 0 Å². The van der Waals surface area contributed by atoms with Crippen molar-refractivity contribution in [2.75, 3.05) is 32.8 Å². The van der Waals surface area contributed by atoms with Crippen molar-refractivity contribution in [3.05, 3.63) is 51.7 Å². The van der Waals surface area contributed by atoms with Crippen LogP contribution in [0.15, 0.2) is 35.7 Å². The smallest absolute Gasteiger partial charge is 0.338 e. The molecule has 8 heteroatoms.